The Balaban J connectivity index is 2.42. The summed E-state index contributed by atoms with van der Waals surface area (Å²) in [7, 11) is 2.06. The molecule has 0 spiro atoms. The number of anilines is 1. The second kappa shape index (κ2) is 3.65. The van der Waals surface area contributed by atoms with Gasteiger partial charge in [0.25, 0.3) is 0 Å². The van der Waals surface area contributed by atoms with Crippen LogP contribution in [0.15, 0.2) is 24.7 Å². The summed E-state index contributed by atoms with van der Waals surface area (Å²) in [6.07, 6.45) is 6.69. The van der Waals surface area contributed by atoms with Gasteiger partial charge in [0.15, 0.2) is 5.65 Å². The third-order valence-electron chi connectivity index (χ3n) is 2.23. The Morgan fingerprint density at radius 3 is 3.14 bits per heavy atom. The van der Waals surface area contributed by atoms with E-state index in [1.54, 1.807) is 10.7 Å². The molecule has 2 aromatic heterocycles. The van der Waals surface area contributed by atoms with E-state index in [0.29, 0.717) is 0 Å². The van der Waals surface area contributed by atoms with Gasteiger partial charge in [0, 0.05) is 26.0 Å². The number of nitrogens with zero attached hydrogens (tertiary/aromatic N) is 4. The fourth-order valence-corrected chi connectivity index (χ4v) is 1.54. The van der Waals surface area contributed by atoms with Crippen molar-refractivity contribution in [3.63, 3.8) is 0 Å². The van der Waals surface area contributed by atoms with Gasteiger partial charge in [-0.2, -0.15) is 5.10 Å². The van der Waals surface area contributed by atoms with E-state index in [0.717, 1.165) is 24.3 Å². The molecule has 0 atom stereocenters. The van der Waals surface area contributed by atoms with E-state index in [9.17, 15) is 0 Å². The van der Waals surface area contributed by atoms with Crippen molar-refractivity contribution in [3.8, 4) is 0 Å². The molecule has 0 saturated heterocycles. The number of rotatable bonds is 3. The van der Waals surface area contributed by atoms with E-state index in [1.807, 2.05) is 18.5 Å². The molecule has 0 aliphatic heterocycles. The lowest BCUT2D eigenvalue weighted by Gasteiger charge is -2.15. The predicted molar refractivity (Wildman–Crippen MR) is 56.5 cm³/mol. The molecule has 0 saturated carbocycles. The van der Waals surface area contributed by atoms with Crippen LogP contribution in [0.3, 0.4) is 0 Å². The summed E-state index contributed by atoms with van der Waals surface area (Å²) in [5.74, 6) is 0. The highest BCUT2D eigenvalue weighted by Crippen LogP contribution is 2.17. The lowest BCUT2D eigenvalue weighted by Crippen LogP contribution is -2.17. The van der Waals surface area contributed by atoms with Gasteiger partial charge in [0.05, 0.1) is 6.20 Å². The molecule has 2 aromatic rings. The van der Waals surface area contributed by atoms with E-state index < -0.39 is 0 Å². The molecular weight excluding hydrogens is 176 g/mol. The van der Waals surface area contributed by atoms with Gasteiger partial charge >= 0.3 is 0 Å². The van der Waals surface area contributed by atoms with Crippen LogP contribution in [0.1, 0.15) is 13.3 Å². The van der Waals surface area contributed by atoms with Gasteiger partial charge in [0.1, 0.15) is 5.69 Å². The minimum absolute atomic E-state index is 0.920. The average Bonchev–Trinajstić information content (AvgIpc) is 2.61. The first kappa shape index (κ1) is 8.99. The summed E-state index contributed by atoms with van der Waals surface area (Å²) in [5, 5.41) is 4.23. The zero-order chi connectivity index (χ0) is 9.97. The molecule has 2 heterocycles. The summed E-state index contributed by atoms with van der Waals surface area (Å²) < 4.78 is 1.79. The van der Waals surface area contributed by atoms with Gasteiger partial charge in [-0.15, -0.1) is 0 Å². The second-order valence-electron chi connectivity index (χ2n) is 3.34. The van der Waals surface area contributed by atoms with Crippen molar-refractivity contribution < 1.29 is 0 Å². The first-order valence-electron chi connectivity index (χ1n) is 4.82. The number of hydrogen-bond donors (Lipinski definition) is 0. The topological polar surface area (TPSA) is 33.4 Å². The van der Waals surface area contributed by atoms with Crippen LogP contribution in [0, 0.1) is 0 Å². The van der Waals surface area contributed by atoms with E-state index >= 15 is 0 Å². The summed E-state index contributed by atoms with van der Waals surface area (Å²) in [6.45, 7) is 3.19. The Hall–Kier alpha value is -1.58. The number of aromatic nitrogens is 3. The molecule has 0 fully saturated rings. The van der Waals surface area contributed by atoms with E-state index in [2.05, 4.69) is 29.0 Å². The molecule has 0 bridgehead atoms. The van der Waals surface area contributed by atoms with Crippen LogP contribution in [0.4, 0.5) is 5.69 Å². The molecule has 0 radical (unpaired) electrons. The molecule has 0 amide bonds. The van der Waals surface area contributed by atoms with Gasteiger partial charge in [-0.3, -0.25) is 0 Å². The lowest BCUT2D eigenvalue weighted by molar-refractivity contribution is 0.854. The maximum atomic E-state index is 4.30. The molecule has 0 aliphatic carbocycles. The lowest BCUT2D eigenvalue weighted by atomic mass is 10.4. The Morgan fingerprint density at radius 2 is 2.36 bits per heavy atom. The Kier molecular flexibility index (Phi) is 2.35. The molecule has 0 aliphatic rings. The van der Waals surface area contributed by atoms with Crippen molar-refractivity contribution in [1.29, 1.82) is 0 Å². The minimum Gasteiger partial charge on any atom is -0.370 e. The highest BCUT2D eigenvalue weighted by Gasteiger charge is 2.07. The molecule has 2 rings (SSSR count). The Morgan fingerprint density at radius 1 is 1.50 bits per heavy atom. The fraction of sp³-hybridized carbons (Fsp3) is 0.400. The minimum atomic E-state index is 0.920. The summed E-state index contributed by atoms with van der Waals surface area (Å²) in [4.78, 5) is 6.48. The van der Waals surface area contributed by atoms with Crippen molar-refractivity contribution in [2.75, 3.05) is 18.5 Å². The summed E-state index contributed by atoms with van der Waals surface area (Å²) >= 11 is 0. The van der Waals surface area contributed by atoms with Gasteiger partial charge < -0.3 is 4.90 Å². The second-order valence-corrected chi connectivity index (χ2v) is 3.34. The SMILES string of the molecule is CCCN(C)c1cnn2cccnc12. The van der Waals surface area contributed by atoms with Crippen molar-refractivity contribution in [1.82, 2.24) is 14.6 Å². The largest absolute Gasteiger partial charge is 0.370 e. The van der Waals surface area contributed by atoms with Crippen LogP contribution >= 0.6 is 0 Å². The van der Waals surface area contributed by atoms with Crippen LogP contribution in [0.5, 0.6) is 0 Å². The molecular formula is C10H14N4. The summed E-state index contributed by atoms with van der Waals surface area (Å²) in [6, 6.07) is 1.88. The molecule has 14 heavy (non-hydrogen) atoms. The van der Waals surface area contributed by atoms with E-state index in [1.165, 1.54) is 0 Å². The molecule has 74 valence electrons. The van der Waals surface area contributed by atoms with Gasteiger partial charge in [-0.25, -0.2) is 9.50 Å². The molecule has 4 heteroatoms. The first-order chi connectivity index (χ1) is 6.83. The normalized spacial score (nSPS) is 10.7. The van der Waals surface area contributed by atoms with Gasteiger partial charge in [0.2, 0.25) is 0 Å². The highest BCUT2D eigenvalue weighted by molar-refractivity contribution is 5.67. The van der Waals surface area contributed by atoms with Crippen LogP contribution in [-0.2, 0) is 0 Å². The Bertz CT molecular complexity index is 421. The average molecular weight is 190 g/mol. The van der Waals surface area contributed by atoms with Crippen LogP contribution in [0.25, 0.3) is 5.65 Å². The fourth-order valence-electron chi connectivity index (χ4n) is 1.54. The summed E-state index contributed by atoms with van der Waals surface area (Å²) in [5.41, 5.74) is 2.01. The zero-order valence-corrected chi connectivity index (χ0v) is 8.51. The standard InChI is InChI=1S/C10H14N4/c1-3-6-13(2)9-8-12-14-7-4-5-11-10(9)14/h4-5,7-8H,3,6H2,1-2H3. The van der Waals surface area contributed by atoms with Crippen molar-refractivity contribution in [2.45, 2.75) is 13.3 Å². The van der Waals surface area contributed by atoms with E-state index in [4.69, 9.17) is 0 Å². The van der Waals surface area contributed by atoms with Crippen LogP contribution in [0.2, 0.25) is 0 Å². The zero-order valence-electron chi connectivity index (χ0n) is 8.51. The van der Waals surface area contributed by atoms with E-state index in [-0.39, 0.29) is 0 Å². The van der Waals surface area contributed by atoms with Gasteiger partial charge in [-0.1, -0.05) is 6.92 Å². The monoisotopic (exact) mass is 190 g/mol. The van der Waals surface area contributed by atoms with Crippen molar-refractivity contribution >= 4 is 11.3 Å². The van der Waals surface area contributed by atoms with Gasteiger partial charge in [-0.05, 0) is 12.5 Å². The van der Waals surface area contributed by atoms with Crippen LogP contribution < -0.4 is 4.90 Å². The van der Waals surface area contributed by atoms with Crippen molar-refractivity contribution in [3.05, 3.63) is 24.7 Å². The maximum Gasteiger partial charge on any atom is 0.178 e. The van der Waals surface area contributed by atoms with Crippen molar-refractivity contribution in [2.24, 2.45) is 0 Å². The first-order valence-corrected chi connectivity index (χ1v) is 4.82. The third-order valence-corrected chi connectivity index (χ3v) is 2.23. The smallest absolute Gasteiger partial charge is 0.178 e. The molecule has 0 unspecified atom stereocenters. The Labute approximate surface area is 83.2 Å². The molecule has 0 aromatic carbocycles. The highest BCUT2D eigenvalue weighted by atomic mass is 15.3. The third kappa shape index (κ3) is 1.43. The molecule has 4 nitrogen and oxygen atoms in total. The number of fused-ring (bicyclic) bond motifs is 1. The maximum absolute atomic E-state index is 4.30. The predicted octanol–water partition coefficient (Wildman–Crippen LogP) is 1.58. The number of hydrogen-bond acceptors (Lipinski definition) is 3. The molecule has 0 N–H and O–H groups in total. The quantitative estimate of drug-likeness (QED) is 0.736. The van der Waals surface area contributed by atoms with Crippen LogP contribution in [-0.4, -0.2) is 28.2 Å².